The molecule has 3 rings (SSSR count). The van der Waals surface area contributed by atoms with E-state index in [4.69, 9.17) is 4.52 Å². The summed E-state index contributed by atoms with van der Waals surface area (Å²) in [6.45, 7) is 3.77. The summed E-state index contributed by atoms with van der Waals surface area (Å²) in [6.07, 6.45) is -1.11. The van der Waals surface area contributed by atoms with Crippen molar-refractivity contribution in [2.75, 3.05) is 0 Å². The van der Waals surface area contributed by atoms with Gasteiger partial charge in [0.15, 0.2) is 0 Å². The van der Waals surface area contributed by atoms with Crippen LogP contribution in [-0.2, 0) is 0 Å². The Morgan fingerprint density at radius 2 is 1.91 bits per heavy atom. The first-order chi connectivity index (χ1) is 10.6. The first-order valence-corrected chi connectivity index (χ1v) is 6.67. The molecule has 0 aliphatic carbocycles. The monoisotopic (exact) mass is 296 g/mol. The average Bonchev–Trinajstić information content (AvgIpc) is 3.04. The van der Waals surface area contributed by atoms with Crippen LogP contribution < -0.4 is 0 Å². The molecule has 1 N–H and O–H groups in total. The van der Waals surface area contributed by atoms with Crippen LogP contribution in [0.25, 0.3) is 17.0 Å². The van der Waals surface area contributed by atoms with E-state index in [-0.39, 0.29) is 11.5 Å². The van der Waals surface area contributed by atoms with Gasteiger partial charge in [-0.2, -0.15) is 4.98 Å². The number of benzene rings is 2. The van der Waals surface area contributed by atoms with Gasteiger partial charge in [0.1, 0.15) is 11.9 Å². The van der Waals surface area contributed by atoms with Crippen molar-refractivity contribution in [3.05, 3.63) is 78.4 Å². The van der Waals surface area contributed by atoms with Crippen molar-refractivity contribution in [3.8, 4) is 11.4 Å². The van der Waals surface area contributed by atoms with Gasteiger partial charge in [0, 0.05) is 11.1 Å². The first-order valence-electron chi connectivity index (χ1n) is 6.67. The topological polar surface area (TPSA) is 59.2 Å². The highest BCUT2D eigenvalue weighted by atomic mass is 19.1. The van der Waals surface area contributed by atoms with E-state index in [0.717, 1.165) is 5.56 Å². The number of rotatable bonds is 4. The van der Waals surface area contributed by atoms with E-state index in [1.807, 2.05) is 30.3 Å². The molecule has 0 bridgehead atoms. The summed E-state index contributed by atoms with van der Waals surface area (Å²) < 4.78 is 18.4. The number of aliphatic hydroxyl groups excluding tert-OH is 1. The smallest absolute Gasteiger partial charge is 0.256 e. The molecule has 1 unspecified atom stereocenters. The Labute approximate surface area is 126 Å². The van der Waals surface area contributed by atoms with Gasteiger partial charge in [-0.3, -0.25) is 0 Å². The van der Waals surface area contributed by atoms with Gasteiger partial charge in [0.05, 0.1) is 0 Å². The van der Waals surface area contributed by atoms with Gasteiger partial charge in [0.25, 0.3) is 5.89 Å². The van der Waals surface area contributed by atoms with Crippen LogP contribution in [0.15, 0.2) is 65.7 Å². The second-order valence-electron chi connectivity index (χ2n) is 4.77. The third-order valence-electron chi connectivity index (χ3n) is 3.23. The fourth-order valence-electron chi connectivity index (χ4n) is 2.05. The van der Waals surface area contributed by atoms with Gasteiger partial charge >= 0.3 is 0 Å². The van der Waals surface area contributed by atoms with Crippen molar-refractivity contribution in [2.24, 2.45) is 0 Å². The quantitative estimate of drug-likeness (QED) is 0.798. The van der Waals surface area contributed by atoms with Crippen molar-refractivity contribution in [3.63, 3.8) is 0 Å². The number of hydrogen-bond donors (Lipinski definition) is 1. The molecule has 2 aromatic carbocycles. The summed E-state index contributed by atoms with van der Waals surface area (Å²) in [5.74, 6) is 0.0960. The Balaban J connectivity index is 1.85. The van der Waals surface area contributed by atoms with Crippen molar-refractivity contribution in [1.29, 1.82) is 0 Å². The largest absolute Gasteiger partial charge is 0.383 e. The first kappa shape index (κ1) is 14.2. The second kappa shape index (κ2) is 5.91. The Morgan fingerprint density at radius 1 is 1.14 bits per heavy atom. The van der Waals surface area contributed by atoms with Crippen LogP contribution in [0, 0.1) is 5.82 Å². The third-order valence-corrected chi connectivity index (χ3v) is 3.23. The molecule has 0 saturated heterocycles. The minimum atomic E-state index is -1.11. The standard InChI is InChI=1S/C17H13FN2O2/c1-11(15(21)13-8-5-9-14(18)10-13)17-19-16(20-22-17)12-6-3-2-4-7-12/h2-10,15,21H,1H2. The zero-order valence-electron chi connectivity index (χ0n) is 11.6. The summed E-state index contributed by atoms with van der Waals surface area (Å²) in [5, 5.41) is 14.1. The van der Waals surface area contributed by atoms with Gasteiger partial charge in [0.2, 0.25) is 5.82 Å². The Kier molecular flexibility index (Phi) is 3.80. The molecule has 22 heavy (non-hydrogen) atoms. The van der Waals surface area contributed by atoms with Crippen LogP contribution in [-0.4, -0.2) is 15.2 Å². The predicted molar refractivity (Wildman–Crippen MR) is 80.1 cm³/mol. The molecule has 0 spiro atoms. The van der Waals surface area contributed by atoms with E-state index in [0.29, 0.717) is 11.4 Å². The molecular formula is C17H13FN2O2. The lowest BCUT2D eigenvalue weighted by molar-refractivity contribution is 0.232. The van der Waals surface area contributed by atoms with Crippen LogP contribution in [0.3, 0.4) is 0 Å². The zero-order valence-corrected chi connectivity index (χ0v) is 11.6. The summed E-state index contributed by atoms with van der Waals surface area (Å²) in [6, 6.07) is 15.0. The van der Waals surface area contributed by atoms with E-state index in [2.05, 4.69) is 16.7 Å². The van der Waals surface area contributed by atoms with E-state index in [9.17, 15) is 9.50 Å². The van der Waals surface area contributed by atoms with Crippen LogP contribution in [0.5, 0.6) is 0 Å². The minimum absolute atomic E-state index is 0.121. The average molecular weight is 296 g/mol. The maximum atomic E-state index is 13.2. The molecule has 0 amide bonds. The molecule has 110 valence electrons. The fourth-order valence-corrected chi connectivity index (χ4v) is 2.05. The molecule has 0 fully saturated rings. The third kappa shape index (κ3) is 2.80. The molecule has 1 aromatic heterocycles. The molecular weight excluding hydrogens is 283 g/mol. The van der Waals surface area contributed by atoms with Gasteiger partial charge in [-0.1, -0.05) is 54.2 Å². The second-order valence-corrected chi connectivity index (χ2v) is 4.77. The SMILES string of the molecule is C=C(c1nc(-c2ccccc2)no1)C(O)c1cccc(F)c1. The van der Waals surface area contributed by atoms with E-state index >= 15 is 0 Å². The summed E-state index contributed by atoms with van der Waals surface area (Å²) >= 11 is 0. The number of aliphatic hydroxyl groups is 1. The van der Waals surface area contributed by atoms with Crippen molar-refractivity contribution in [2.45, 2.75) is 6.10 Å². The highest BCUT2D eigenvalue weighted by Gasteiger charge is 2.19. The Hall–Kier alpha value is -2.79. The molecule has 0 aliphatic rings. The van der Waals surface area contributed by atoms with Gasteiger partial charge in [-0.15, -0.1) is 0 Å². The van der Waals surface area contributed by atoms with Crippen LogP contribution in [0.4, 0.5) is 4.39 Å². The number of hydrogen-bond acceptors (Lipinski definition) is 4. The van der Waals surface area contributed by atoms with Gasteiger partial charge in [-0.05, 0) is 17.7 Å². The molecule has 0 aliphatic heterocycles. The lowest BCUT2D eigenvalue weighted by atomic mass is 10.0. The van der Waals surface area contributed by atoms with E-state index in [1.54, 1.807) is 6.07 Å². The van der Waals surface area contributed by atoms with Crippen molar-refractivity contribution in [1.82, 2.24) is 10.1 Å². The maximum Gasteiger partial charge on any atom is 0.256 e. The molecule has 1 atom stereocenters. The summed E-state index contributed by atoms with van der Waals surface area (Å²) in [5.41, 5.74) is 1.40. The maximum absolute atomic E-state index is 13.2. The van der Waals surface area contributed by atoms with Crippen LogP contribution in [0.1, 0.15) is 17.6 Å². The normalized spacial score (nSPS) is 12.1. The summed E-state index contributed by atoms with van der Waals surface area (Å²) in [7, 11) is 0. The van der Waals surface area contributed by atoms with Gasteiger partial charge in [-0.25, -0.2) is 4.39 Å². The van der Waals surface area contributed by atoms with Crippen LogP contribution >= 0.6 is 0 Å². The van der Waals surface area contributed by atoms with Crippen molar-refractivity contribution >= 4 is 5.57 Å². The highest BCUT2D eigenvalue weighted by Crippen LogP contribution is 2.29. The molecule has 1 heterocycles. The lowest BCUT2D eigenvalue weighted by Gasteiger charge is -2.10. The molecule has 3 aromatic rings. The van der Waals surface area contributed by atoms with Crippen molar-refractivity contribution < 1.29 is 14.0 Å². The predicted octanol–water partition coefficient (Wildman–Crippen LogP) is 3.62. The highest BCUT2D eigenvalue weighted by molar-refractivity contribution is 5.64. The molecule has 0 saturated carbocycles. The number of aromatic nitrogens is 2. The fraction of sp³-hybridized carbons (Fsp3) is 0.0588. The van der Waals surface area contributed by atoms with E-state index < -0.39 is 11.9 Å². The number of halogens is 1. The Bertz CT molecular complexity index is 799. The van der Waals surface area contributed by atoms with E-state index in [1.165, 1.54) is 18.2 Å². The summed E-state index contributed by atoms with van der Waals surface area (Å²) in [4.78, 5) is 4.22. The lowest BCUT2D eigenvalue weighted by Crippen LogP contribution is -2.01. The molecule has 5 heteroatoms. The van der Waals surface area contributed by atoms with Crippen LogP contribution in [0.2, 0.25) is 0 Å². The minimum Gasteiger partial charge on any atom is -0.383 e. The molecule has 4 nitrogen and oxygen atoms in total. The molecule has 0 radical (unpaired) electrons. The number of nitrogens with zero attached hydrogens (tertiary/aromatic N) is 2. The Morgan fingerprint density at radius 3 is 2.64 bits per heavy atom. The van der Waals surface area contributed by atoms with Gasteiger partial charge < -0.3 is 9.63 Å². The zero-order chi connectivity index (χ0) is 15.5.